The molecule has 0 saturated carbocycles. The minimum atomic E-state index is -0.534. The van der Waals surface area contributed by atoms with Crippen LogP contribution in [0.15, 0.2) is 58.0 Å². The predicted molar refractivity (Wildman–Crippen MR) is 110 cm³/mol. The van der Waals surface area contributed by atoms with E-state index in [1.807, 2.05) is 12.1 Å². The Morgan fingerprint density at radius 1 is 1.23 bits per heavy atom. The minimum absolute atomic E-state index is 0.128. The van der Waals surface area contributed by atoms with Gasteiger partial charge in [-0.1, -0.05) is 39.3 Å². The summed E-state index contributed by atoms with van der Waals surface area (Å²) < 4.78 is 0.928. The highest BCUT2D eigenvalue weighted by molar-refractivity contribution is 9.10. The number of amides is 2. The number of nitrogens with one attached hydrogen (secondary N) is 1. The summed E-state index contributed by atoms with van der Waals surface area (Å²) in [5.41, 5.74) is 1.35. The standard InChI is InChI=1S/C18H15BrClN3O2S/c1-23-16(24)10-15(17(25)21-13-6-2-11(19)3-7-13)26-18(23)22-14-8-4-12(20)5-9-14/h2-9,15H,10H2,1H3,(H,21,25). The SMILES string of the molecule is CN1C(=O)CC(C(=O)Nc2ccc(Br)cc2)SC1=Nc1ccc(Cl)cc1. The van der Waals surface area contributed by atoms with Crippen molar-refractivity contribution in [2.75, 3.05) is 12.4 Å². The summed E-state index contributed by atoms with van der Waals surface area (Å²) in [6.45, 7) is 0. The van der Waals surface area contributed by atoms with Crippen LogP contribution >= 0.6 is 39.3 Å². The second-order valence-electron chi connectivity index (χ2n) is 5.63. The molecule has 1 aliphatic rings. The number of benzene rings is 2. The summed E-state index contributed by atoms with van der Waals surface area (Å²) >= 11 is 10.5. The predicted octanol–water partition coefficient (Wildman–Crippen LogP) is 4.69. The lowest BCUT2D eigenvalue weighted by atomic mass is 10.2. The van der Waals surface area contributed by atoms with Crippen LogP contribution in [0, 0.1) is 0 Å². The van der Waals surface area contributed by atoms with Gasteiger partial charge < -0.3 is 5.32 Å². The third-order valence-electron chi connectivity index (χ3n) is 3.72. The molecule has 2 amide bonds. The molecule has 0 aromatic heterocycles. The van der Waals surface area contributed by atoms with Crippen LogP contribution < -0.4 is 5.32 Å². The number of carbonyl (C=O) groups is 2. The molecule has 1 aliphatic heterocycles. The molecule has 26 heavy (non-hydrogen) atoms. The molecule has 3 rings (SSSR count). The number of nitrogens with zero attached hydrogens (tertiary/aromatic N) is 2. The van der Waals surface area contributed by atoms with Crippen LogP contribution in [0.5, 0.6) is 0 Å². The number of carbonyl (C=O) groups excluding carboxylic acids is 2. The average Bonchev–Trinajstić information content (AvgIpc) is 2.62. The van der Waals surface area contributed by atoms with Crippen LogP contribution in [-0.4, -0.2) is 34.2 Å². The molecule has 0 aliphatic carbocycles. The molecule has 134 valence electrons. The lowest BCUT2D eigenvalue weighted by molar-refractivity contribution is -0.128. The van der Waals surface area contributed by atoms with E-state index in [9.17, 15) is 9.59 Å². The fourth-order valence-corrected chi connectivity index (χ4v) is 3.73. The van der Waals surface area contributed by atoms with E-state index in [1.54, 1.807) is 43.4 Å². The Hall–Kier alpha value is -1.83. The van der Waals surface area contributed by atoms with E-state index in [1.165, 1.54) is 16.7 Å². The van der Waals surface area contributed by atoms with Gasteiger partial charge >= 0.3 is 0 Å². The topological polar surface area (TPSA) is 61.8 Å². The molecule has 5 nitrogen and oxygen atoms in total. The first kappa shape index (κ1) is 18.9. The summed E-state index contributed by atoms with van der Waals surface area (Å²) in [4.78, 5) is 30.8. The van der Waals surface area contributed by atoms with Crippen LogP contribution in [0.1, 0.15) is 6.42 Å². The van der Waals surface area contributed by atoms with Crippen molar-refractivity contribution in [3.63, 3.8) is 0 Å². The molecule has 1 unspecified atom stereocenters. The Balaban J connectivity index is 1.76. The summed E-state index contributed by atoms with van der Waals surface area (Å²) in [6.07, 6.45) is 0.128. The first-order chi connectivity index (χ1) is 12.4. The Labute approximate surface area is 168 Å². The van der Waals surface area contributed by atoms with Crippen molar-refractivity contribution in [1.82, 2.24) is 4.90 Å². The fraction of sp³-hybridized carbons (Fsp3) is 0.167. The van der Waals surface area contributed by atoms with Crippen molar-refractivity contribution in [2.45, 2.75) is 11.7 Å². The molecule has 2 aromatic rings. The summed E-state index contributed by atoms with van der Waals surface area (Å²) in [5, 5.41) is 3.41. The number of hydrogen-bond acceptors (Lipinski definition) is 4. The molecular formula is C18H15BrClN3O2S. The molecule has 8 heteroatoms. The fourth-order valence-electron chi connectivity index (χ4n) is 2.28. The van der Waals surface area contributed by atoms with Crippen LogP contribution in [-0.2, 0) is 9.59 Å². The van der Waals surface area contributed by atoms with Crippen LogP contribution in [0.2, 0.25) is 5.02 Å². The maximum Gasteiger partial charge on any atom is 0.238 e. The second kappa shape index (κ2) is 8.24. The summed E-state index contributed by atoms with van der Waals surface area (Å²) in [5.74, 6) is -0.366. The maximum atomic E-state index is 12.6. The zero-order chi connectivity index (χ0) is 18.7. The third-order valence-corrected chi connectivity index (χ3v) is 5.75. The zero-order valence-corrected chi connectivity index (χ0v) is 16.9. The number of rotatable bonds is 3. The van der Waals surface area contributed by atoms with Gasteiger partial charge in [0.15, 0.2) is 5.17 Å². The van der Waals surface area contributed by atoms with E-state index in [0.717, 1.165) is 4.47 Å². The van der Waals surface area contributed by atoms with Crippen molar-refractivity contribution in [2.24, 2.45) is 4.99 Å². The molecule has 0 bridgehead atoms. The van der Waals surface area contributed by atoms with Gasteiger partial charge in [0.2, 0.25) is 11.8 Å². The Kier molecular flexibility index (Phi) is 6.01. The average molecular weight is 453 g/mol. The number of amidine groups is 1. The quantitative estimate of drug-likeness (QED) is 0.735. The first-order valence-corrected chi connectivity index (χ1v) is 9.81. The van der Waals surface area contributed by atoms with Gasteiger partial charge in [0.05, 0.1) is 5.69 Å². The first-order valence-electron chi connectivity index (χ1n) is 7.76. The van der Waals surface area contributed by atoms with E-state index >= 15 is 0 Å². The van der Waals surface area contributed by atoms with E-state index in [2.05, 4.69) is 26.2 Å². The second-order valence-corrected chi connectivity index (χ2v) is 8.15. The van der Waals surface area contributed by atoms with Crippen molar-refractivity contribution in [3.8, 4) is 0 Å². The van der Waals surface area contributed by atoms with E-state index in [-0.39, 0.29) is 18.2 Å². The Morgan fingerprint density at radius 2 is 1.88 bits per heavy atom. The van der Waals surface area contributed by atoms with Gasteiger partial charge in [-0.3, -0.25) is 14.5 Å². The zero-order valence-electron chi connectivity index (χ0n) is 13.8. The van der Waals surface area contributed by atoms with Crippen LogP contribution in [0.4, 0.5) is 11.4 Å². The van der Waals surface area contributed by atoms with Crippen molar-refractivity contribution in [3.05, 3.63) is 58.0 Å². The molecule has 1 atom stereocenters. The molecule has 0 radical (unpaired) electrons. The number of hydrogen-bond donors (Lipinski definition) is 1. The number of aliphatic imine (C=N–C) groups is 1. The lowest BCUT2D eigenvalue weighted by Gasteiger charge is -2.28. The summed E-state index contributed by atoms with van der Waals surface area (Å²) in [7, 11) is 1.66. The highest BCUT2D eigenvalue weighted by atomic mass is 79.9. The molecule has 1 heterocycles. The summed E-state index contributed by atoms with van der Waals surface area (Å²) in [6, 6.07) is 14.3. The third kappa shape index (κ3) is 4.66. The largest absolute Gasteiger partial charge is 0.325 e. The van der Waals surface area contributed by atoms with Gasteiger partial charge in [-0.25, -0.2) is 4.99 Å². The van der Waals surface area contributed by atoms with Crippen LogP contribution in [0.25, 0.3) is 0 Å². The minimum Gasteiger partial charge on any atom is -0.325 e. The Morgan fingerprint density at radius 3 is 2.54 bits per heavy atom. The normalized spacial score (nSPS) is 18.9. The molecule has 0 spiro atoms. The van der Waals surface area contributed by atoms with Gasteiger partial charge in [-0.05, 0) is 48.5 Å². The molecule has 1 N–H and O–H groups in total. The van der Waals surface area contributed by atoms with Crippen molar-refractivity contribution >= 4 is 67.6 Å². The monoisotopic (exact) mass is 451 g/mol. The van der Waals surface area contributed by atoms with Gasteiger partial charge in [0.25, 0.3) is 0 Å². The molecule has 1 saturated heterocycles. The number of halogens is 2. The smallest absolute Gasteiger partial charge is 0.238 e. The molecular weight excluding hydrogens is 438 g/mol. The maximum absolute atomic E-state index is 12.6. The van der Waals surface area contributed by atoms with E-state index in [0.29, 0.717) is 21.6 Å². The molecule has 2 aromatic carbocycles. The van der Waals surface area contributed by atoms with Gasteiger partial charge in [0.1, 0.15) is 5.25 Å². The highest BCUT2D eigenvalue weighted by Gasteiger charge is 2.34. The number of anilines is 1. The number of thioether (sulfide) groups is 1. The Bertz CT molecular complexity index is 856. The van der Waals surface area contributed by atoms with Crippen molar-refractivity contribution < 1.29 is 9.59 Å². The molecule has 1 fully saturated rings. The lowest BCUT2D eigenvalue weighted by Crippen LogP contribution is -2.43. The van der Waals surface area contributed by atoms with E-state index in [4.69, 9.17) is 11.6 Å². The van der Waals surface area contributed by atoms with Crippen molar-refractivity contribution in [1.29, 1.82) is 0 Å². The highest BCUT2D eigenvalue weighted by Crippen LogP contribution is 2.29. The van der Waals surface area contributed by atoms with E-state index < -0.39 is 5.25 Å². The van der Waals surface area contributed by atoms with Gasteiger partial charge in [-0.2, -0.15) is 0 Å². The van der Waals surface area contributed by atoms with Gasteiger partial charge in [0, 0.05) is 28.7 Å². The van der Waals surface area contributed by atoms with Gasteiger partial charge in [-0.15, -0.1) is 0 Å². The van der Waals surface area contributed by atoms with Crippen LogP contribution in [0.3, 0.4) is 0 Å².